The standard InChI is InChI=1S/C24H25N3O5/c1-15-11-19(17(3)26(15)13-18-7-6-10-31-18)24(30)32-14-23(29)27-16(2)12-22(28)25-20-8-4-5-9-21(20)27/h4-11,16H,12-14H2,1-3H3,(H,25,28). The Morgan fingerprint density at radius 3 is 2.72 bits per heavy atom. The minimum absolute atomic E-state index is 0.155. The molecule has 0 bridgehead atoms. The first-order chi connectivity index (χ1) is 15.3. The van der Waals surface area contributed by atoms with Gasteiger partial charge in [-0.1, -0.05) is 12.1 Å². The van der Waals surface area contributed by atoms with Gasteiger partial charge in [-0.05, 0) is 51.1 Å². The second-order valence-corrected chi connectivity index (χ2v) is 7.91. The first-order valence-electron chi connectivity index (χ1n) is 10.4. The molecule has 1 aliphatic rings. The molecule has 2 amide bonds. The van der Waals surface area contributed by atoms with Crippen LogP contribution in [0.2, 0.25) is 0 Å². The molecule has 0 saturated heterocycles. The lowest BCUT2D eigenvalue weighted by atomic mass is 10.1. The van der Waals surface area contributed by atoms with E-state index in [9.17, 15) is 14.4 Å². The highest BCUT2D eigenvalue weighted by atomic mass is 16.5. The summed E-state index contributed by atoms with van der Waals surface area (Å²) in [5.74, 6) is -0.346. The van der Waals surface area contributed by atoms with Gasteiger partial charge in [0.05, 0.1) is 29.7 Å². The predicted octanol–water partition coefficient (Wildman–Crippen LogP) is 3.67. The molecule has 1 unspecified atom stereocenters. The Hall–Kier alpha value is -3.81. The van der Waals surface area contributed by atoms with Gasteiger partial charge in [0, 0.05) is 23.9 Å². The number of para-hydroxylation sites is 2. The Kier molecular flexibility index (Phi) is 5.85. The van der Waals surface area contributed by atoms with Crippen molar-refractivity contribution < 1.29 is 23.5 Å². The van der Waals surface area contributed by atoms with Gasteiger partial charge in [0.25, 0.3) is 5.91 Å². The minimum atomic E-state index is -0.567. The molecule has 0 radical (unpaired) electrons. The molecule has 2 aromatic heterocycles. The molecule has 166 valence electrons. The number of esters is 1. The molecule has 1 atom stereocenters. The van der Waals surface area contributed by atoms with Gasteiger partial charge >= 0.3 is 5.97 Å². The number of fused-ring (bicyclic) bond motifs is 1. The van der Waals surface area contributed by atoms with Crippen molar-refractivity contribution in [2.45, 2.75) is 39.8 Å². The number of ether oxygens (including phenoxy) is 1. The summed E-state index contributed by atoms with van der Waals surface area (Å²) >= 11 is 0. The summed E-state index contributed by atoms with van der Waals surface area (Å²) in [7, 11) is 0. The van der Waals surface area contributed by atoms with E-state index in [4.69, 9.17) is 9.15 Å². The average molecular weight is 435 g/mol. The lowest BCUT2D eigenvalue weighted by Gasteiger charge is -2.27. The van der Waals surface area contributed by atoms with Gasteiger partial charge in [-0.15, -0.1) is 0 Å². The number of carbonyl (C=O) groups excluding carboxylic acids is 3. The van der Waals surface area contributed by atoms with Crippen LogP contribution in [-0.2, 0) is 20.9 Å². The molecule has 8 nitrogen and oxygen atoms in total. The van der Waals surface area contributed by atoms with Crippen molar-refractivity contribution in [1.29, 1.82) is 0 Å². The van der Waals surface area contributed by atoms with E-state index in [2.05, 4.69) is 5.32 Å². The van der Waals surface area contributed by atoms with E-state index in [1.807, 2.05) is 30.5 Å². The Balaban J connectivity index is 1.49. The average Bonchev–Trinajstić information content (AvgIpc) is 3.33. The molecule has 8 heteroatoms. The third kappa shape index (κ3) is 4.16. The maximum Gasteiger partial charge on any atom is 0.340 e. The number of hydrogen-bond acceptors (Lipinski definition) is 5. The number of nitrogens with one attached hydrogen (secondary N) is 1. The van der Waals surface area contributed by atoms with Crippen LogP contribution < -0.4 is 10.2 Å². The molecule has 0 aliphatic carbocycles. The van der Waals surface area contributed by atoms with Crippen LogP contribution in [0.25, 0.3) is 0 Å². The first kappa shape index (κ1) is 21.4. The van der Waals surface area contributed by atoms with E-state index in [-0.39, 0.29) is 24.3 Å². The monoisotopic (exact) mass is 435 g/mol. The van der Waals surface area contributed by atoms with Crippen molar-refractivity contribution >= 4 is 29.2 Å². The third-order valence-corrected chi connectivity index (χ3v) is 5.64. The number of anilines is 2. The Labute approximate surface area is 185 Å². The van der Waals surface area contributed by atoms with Crippen LogP contribution in [-0.4, -0.2) is 35.0 Å². The molecule has 4 rings (SSSR count). The van der Waals surface area contributed by atoms with Gasteiger partial charge < -0.3 is 23.9 Å². The van der Waals surface area contributed by atoms with Crippen molar-refractivity contribution in [1.82, 2.24) is 4.57 Å². The lowest BCUT2D eigenvalue weighted by molar-refractivity contribution is -0.122. The third-order valence-electron chi connectivity index (χ3n) is 5.64. The number of aromatic nitrogens is 1. The minimum Gasteiger partial charge on any atom is -0.467 e. The molecule has 0 fully saturated rings. The van der Waals surface area contributed by atoms with Crippen LogP contribution in [0.1, 0.15) is 40.9 Å². The summed E-state index contributed by atoms with van der Waals surface area (Å²) in [6, 6.07) is 12.1. The number of nitrogens with zero attached hydrogens (tertiary/aromatic N) is 2. The fourth-order valence-corrected chi connectivity index (χ4v) is 4.05. The van der Waals surface area contributed by atoms with E-state index in [1.54, 1.807) is 43.5 Å². The molecule has 1 N–H and O–H groups in total. The zero-order valence-corrected chi connectivity index (χ0v) is 18.3. The maximum atomic E-state index is 13.0. The number of benzene rings is 1. The van der Waals surface area contributed by atoms with Gasteiger partial charge in [-0.2, -0.15) is 0 Å². The first-order valence-corrected chi connectivity index (χ1v) is 10.4. The SMILES string of the molecule is Cc1cc(C(=O)OCC(=O)N2c3ccccc3NC(=O)CC2C)c(C)n1Cc1ccco1. The predicted molar refractivity (Wildman–Crippen MR) is 119 cm³/mol. The van der Waals surface area contributed by atoms with Crippen molar-refractivity contribution in [3.63, 3.8) is 0 Å². The fourth-order valence-electron chi connectivity index (χ4n) is 4.05. The van der Waals surface area contributed by atoms with E-state index in [0.717, 1.165) is 17.1 Å². The van der Waals surface area contributed by atoms with Crippen LogP contribution in [0.3, 0.4) is 0 Å². The second kappa shape index (κ2) is 8.74. The van der Waals surface area contributed by atoms with Gasteiger partial charge in [0.2, 0.25) is 5.91 Å². The summed E-state index contributed by atoms with van der Waals surface area (Å²) in [6.45, 7) is 5.60. The Morgan fingerprint density at radius 2 is 1.97 bits per heavy atom. The molecule has 3 aromatic rings. The zero-order valence-electron chi connectivity index (χ0n) is 18.3. The number of rotatable bonds is 5. The molecule has 1 aromatic carbocycles. The van der Waals surface area contributed by atoms with Gasteiger partial charge in [0.1, 0.15) is 5.76 Å². The Morgan fingerprint density at radius 1 is 1.19 bits per heavy atom. The quantitative estimate of drug-likeness (QED) is 0.617. The van der Waals surface area contributed by atoms with Crippen LogP contribution in [0.5, 0.6) is 0 Å². The highest BCUT2D eigenvalue weighted by Crippen LogP contribution is 2.31. The second-order valence-electron chi connectivity index (χ2n) is 7.91. The van der Waals surface area contributed by atoms with Gasteiger partial charge in [-0.3, -0.25) is 9.59 Å². The van der Waals surface area contributed by atoms with Crippen molar-refractivity contribution in [3.05, 3.63) is 71.4 Å². The number of amides is 2. The molecular weight excluding hydrogens is 410 g/mol. The van der Waals surface area contributed by atoms with Gasteiger partial charge in [-0.25, -0.2) is 4.79 Å². The van der Waals surface area contributed by atoms with Crippen molar-refractivity contribution in [2.75, 3.05) is 16.8 Å². The number of furan rings is 1. The van der Waals surface area contributed by atoms with Gasteiger partial charge in [0.15, 0.2) is 6.61 Å². The topological polar surface area (TPSA) is 93.8 Å². The molecular formula is C24H25N3O5. The van der Waals surface area contributed by atoms with E-state index in [1.165, 1.54) is 4.90 Å². The van der Waals surface area contributed by atoms with Crippen molar-refractivity contribution in [2.24, 2.45) is 0 Å². The van der Waals surface area contributed by atoms with Crippen molar-refractivity contribution in [3.8, 4) is 0 Å². The van der Waals surface area contributed by atoms with E-state index < -0.39 is 12.6 Å². The number of hydrogen-bond donors (Lipinski definition) is 1. The highest BCUT2D eigenvalue weighted by molar-refractivity contribution is 6.05. The largest absolute Gasteiger partial charge is 0.467 e. The summed E-state index contributed by atoms with van der Waals surface area (Å²) in [6.07, 6.45) is 1.76. The zero-order chi connectivity index (χ0) is 22.8. The summed E-state index contributed by atoms with van der Waals surface area (Å²) < 4.78 is 12.7. The molecule has 1 aliphatic heterocycles. The van der Waals surface area contributed by atoms with E-state index >= 15 is 0 Å². The van der Waals surface area contributed by atoms with Crippen LogP contribution in [0.15, 0.2) is 53.1 Å². The summed E-state index contributed by atoms with van der Waals surface area (Å²) in [5.41, 5.74) is 3.17. The van der Waals surface area contributed by atoms with Crippen LogP contribution in [0, 0.1) is 13.8 Å². The lowest BCUT2D eigenvalue weighted by Crippen LogP contribution is -2.41. The number of carbonyl (C=O) groups is 3. The molecule has 0 saturated carbocycles. The van der Waals surface area contributed by atoms with E-state index in [0.29, 0.717) is 23.5 Å². The molecule has 3 heterocycles. The van der Waals surface area contributed by atoms with Crippen LogP contribution >= 0.6 is 0 Å². The Bertz CT molecular complexity index is 1160. The normalized spacial score (nSPS) is 15.7. The molecule has 32 heavy (non-hydrogen) atoms. The maximum absolute atomic E-state index is 13.0. The summed E-state index contributed by atoms with van der Waals surface area (Å²) in [5, 5.41) is 2.81. The molecule has 0 spiro atoms. The fraction of sp³-hybridized carbons (Fsp3) is 0.292. The van der Waals surface area contributed by atoms with Crippen LogP contribution in [0.4, 0.5) is 11.4 Å². The smallest absolute Gasteiger partial charge is 0.340 e. The number of aryl methyl sites for hydroxylation is 1. The highest BCUT2D eigenvalue weighted by Gasteiger charge is 2.30. The summed E-state index contributed by atoms with van der Waals surface area (Å²) in [4.78, 5) is 39.4.